The number of urea groups is 1. The molecule has 0 bridgehead atoms. The van der Waals surface area contributed by atoms with Gasteiger partial charge in [-0.05, 0) is 42.3 Å². The van der Waals surface area contributed by atoms with Gasteiger partial charge >= 0.3 is 6.03 Å². The molecule has 0 fully saturated rings. The van der Waals surface area contributed by atoms with Crippen LogP contribution in [0.3, 0.4) is 0 Å². The Balaban J connectivity index is 1.53. The molecule has 0 aromatic heterocycles. The number of hydrogen-bond donors (Lipinski definition) is 2. The number of nitrogens with zero attached hydrogens (tertiary/aromatic N) is 1. The molecule has 1 atom stereocenters. The van der Waals surface area contributed by atoms with Gasteiger partial charge in [0.25, 0.3) is 5.91 Å². The normalized spacial score (nSPS) is 16.3. The van der Waals surface area contributed by atoms with Crippen molar-refractivity contribution in [3.05, 3.63) is 95.5 Å². The Morgan fingerprint density at radius 2 is 1.83 bits per heavy atom. The number of amides is 3. The fourth-order valence-electron chi connectivity index (χ4n) is 3.44. The number of benzene rings is 3. The summed E-state index contributed by atoms with van der Waals surface area (Å²) in [4.78, 5) is 27.1. The maximum atomic E-state index is 13.8. The summed E-state index contributed by atoms with van der Waals surface area (Å²) in [5.74, 6) is -2.13. The van der Waals surface area contributed by atoms with Crippen LogP contribution in [0.1, 0.15) is 20.0 Å². The van der Waals surface area contributed by atoms with E-state index in [9.17, 15) is 18.4 Å². The molecule has 30 heavy (non-hydrogen) atoms. The molecule has 1 aliphatic rings. The van der Waals surface area contributed by atoms with E-state index in [1.54, 1.807) is 12.1 Å². The molecule has 5 nitrogen and oxygen atoms in total. The number of fused-ring (bicyclic) bond motifs is 1. The molecule has 7 heteroatoms. The minimum atomic E-state index is -0.912. The lowest BCUT2D eigenvalue weighted by Crippen LogP contribution is -2.46. The van der Waals surface area contributed by atoms with Crippen LogP contribution in [-0.2, 0) is 6.42 Å². The van der Waals surface area contributed by atoms with E-state index in [0.29, 0.717) is 18.2 Å². The van der Waals surface area contributed by atoms with Crippen molar-refractivity contribution >= 4 is 23.3 Å². The zero-order valence-electron chi connectivity index (χ0n) is 18.7. The Kier molecular flexibility index (Phi) is 4.47. The van der Waals surface area contributed by atoms with E-state index in [-0.39, 0.29) is 35.9 Å². The van der Waals surface area contributed by atoms with Crippen LogP contribution < -0.4 is 15.5 Å². The first kappa shape index (κ1) is 16.1. The summed E-state index contributed by atoms with van der Waals surface area (Å²) in [6.07, 6.45) is 0.449. The Bertz CT molecular complexity index is 1230. The Morgan fingerprint density at radius 3 is 2.60 bits per heavy atom. The number of rotatable bonds is 4. The maximum absolute atomic E-state index is 13.8. The van der Waals surface area contributed by atoms with Gasteiger partial charge in [0.1, 0.15) is 11.6 Å². The van der Waals surface area contributed by atoms with Crippen LogP contribution in [0.5, 0.6) is 0 Å². The van der Waals surface area contributed by atoms with Gasteiger partial charge in [-0.25, -0.2) is 13.6 Å². The molecular formula is C23H19F2N3O2. The van der Waals surface area contributed by atoms with Crippen molar-refractivity contribution < 1.29 is 22.5 Å². The predicted octanol–water partition coefficient (Wildman–Crippen LogP) is 4.36. The number of carbonyl (C=O) groups is 2. The molecule has 2 N–H and O–H groups in total. The smallest absolute Gasteiger partial charge is 0.319 e. The minimum Gasteiger partial charge on any atom is -0.336 e. The van der Waals surface area contributed by atoms with Crippen molar-refractivity contribution in [1.82, 2.24) is 5.32 Å². The molecule has 0 saturated carbocycles. The first-order valence-corrected chi connectivity index (χ1v) is 9.24. The quantitative estimate of drug-likeness (QED) is 0.668. The Morgan fingerprint density at radius 1 is 1.07 bits per heavy atom. The number of hydrogen-bond acceptors (Lipinski definition) is 2. The molecule has 1 heterocycles. The molecule has 0 aliphatic carbocycles. The molecule has 1 unspecified atom stereocenters. The second kappa shape index (κ2) is 8.32. The number of para-hydroxylation sites is 1. The SMILES string of the molecule is [3H]c1cc(C(=O)N2c3ccccc3CC2CNC(=O)Nc2ccc(F)cc2F)cc([3H])c1[3H]. The highest BCUT2D eigenvalue weighted by Gasteiger charge is 2.34. The van der Waals surface area contributed by atoms with Crippen LogP contribution in [0, 0.1) is 11.6 Å². The van der Waals surface area contributed by atoms with E-state index < -0.39 is 29.6 Å². The molecule has 3 aromatic rings. The van der Waals surface area contributed by atoms with Crippen molar-refractivity contribution in [3.63, 3.8) is 0 Å². The van der Waals surface area contributed by atoms with Crippen molar-refractivity contribution in [3.8, 4) is 0 Å². The van der Waals surface area contributed by atoms with Gasteiger partial charge in [0, 0.05) is 23.9 Å². The summed E-state index contributed by atoms with van der Waals surface area (Å²) in [5, 5.41) is 4.92. The second-order valence-electron chi connectivity index (χ2n) is 6.78. The van der Waals surface area contributed by atoms with Gasteiger partial charge in [-0.15, -0.1) is 0 Å². The fourth-order valence-corrected chi connectivity index (χ4v) is 3.44. The highest BCUT2D eigenvalue weighted by Crippen LogP contribution is 2.33. The lowest BCUT2D eigenvalue weighted by Gasteiger charge is -2.26. The predicted molar refractivity (Wildman–Crippen MR) is 111 cm³/mol. The van der Waals surface area contributed by atoms with Gasteiger partial charge in [-0.3, -0.25) is 4.79 Å². The third kappa shape index (κ3) is 4.00. The van der Waals surface area contributed by atoms with E-state index in [1.165, 1.54) is 17.0 Å². The standard InChI is InChI=1S/C23H19F2N3O2/c24-17-10-11-20(19(25)13-17)27-23(30)26-14-18-12-16-8-4-5-9-21(16)28(18)22(29)15-6-2-1-3-7-15/h1-11,13,18H,12,14H2,(H2,26,27,30)/i1T,2T,3T. The van der Waals surface area contributed by atoms with Crippen LogP contribution in [0.25, 0.3) is 0 Å². The molecule has 0 radical (unpaired) electrons. The lowest BCUT2D eigenvalue weighted by molar-refractivity contribution is 0.0979. The zero-order chi connectivity index (χ0) is 23.7. The van der Waals surface area contributed by atoms with E-state index >= 15 is 0 Å². The zero-order valence-corrected chi connectivity index (χ0v) is 15.7. The first-order valence-electron chi connectivity index (χ1n) is 10.7. The number of carbonyl (C=O) groups excluding carboxylic acids is 2. The molecule has 3 aromatic carbocycles. The third-order valence-corrected chi connectivity index (χ3v) is 4.81. The number of halogens is 2. The van der Waals surface area contributed by atoms with E-state index in [2.05, 4.69) is 10.6 Å². The van der Waals surface area contributed by atoms with E-state index in [1.807, 2.05) is 12.1 Å². The average Bonchev–Trinajstić information content (AvgIpc) is 3.15. The lowest BCUT2D eigenvalue weighted by atomic mass is 10.1. The van der Waals surface area contributed by atoms with Crippen LogP contribution in [0.4, 0.5) is 25.0 Å². The molecule has 0 saturated heterocycles. The molecule has 0 spiro atoms. The molecule has 152 valence electrons. The summed E-state index contributed by atoms with van der Waals surface area (Å²) in [5.41, 5.74) is 1.45. The summed E-state index contributed by atoms with van der Waals surface area (Å²) < 4.78 is 50.2. The largest absolute Gasteiger partial charge is 0.336 e. The van der Waals surface area contributed by atoms with Gasteiger partial charge in [0.2, 0.25) is 0 Å². The Hall–Kier alpha value is -3.74. The summed E-state index contributed by atoms with van der Waals surface area (Å²) in [6, 6.07) is 10.6. The van der Waals surface area contributed by atoms with Crippen molar-refractivity contribution in [1.29, 1.82) is 0 Å². The average molecular weight is 413 g/mol. The molecule has 1 aliphatic heterocycles. The number of nitrogens with one attached hydrogen (secondary N) is 2. The van der Waals surface area contributed by atoms with Crippen LogP contribution in [0.2, 0.25) is 0 Å². The summed E-state index contributed by atoms with van der Waals surface area (Å²) >= 11 is 0. The third-order valence-electron chi connectivity index (χ3n) is 4.81. The molecule has 3 amide bonds. The van der Waals surface area contributed by atoms with Crippen molar-refractivity contribution in [2.45, 2.75) is 12.5 Å². The van der Waals surface area contributed by atoms with Crippen LogP contribution in [0.15, 0.2) is 72.7 Å². The maximum Gasteiger partial charge on any atom is 0.319 e. The van der Waals surface area contributed by atoms with Crippen LogP contribution >= 0.6 is 0 Å². The van der Waals surface area contributed by atoms with Gasteiger partial charge in [0.15, 0.2) is 0 Å². The van der Waals surface area contributed by atoms with Gasteiger partial charge in [-0.1, -0.05) is 36.3 Å². The van der Waals surface area contributed by atoms with Crippen molar-refractivity contribution in [2.24, 2.45) is 0 Å². The van der Waals surface area contributed by atoms with Gasteiger partial charge in [-0.2, -0.15) is 0 Å². The minimum absolute atomic E-state index is 0.0348. The topological polar surface area (TPSA) is 61.4 Å². The van der Waals surface area contributed by atoms with E-state index in [0.717, 1.165) is 17.7 Å². The van der Waals surface area contributed by atoms with Crippen LogP contribution in [-0.4, -0.2) is 24.5 Å². The molecule has 4 rings (SSSR count). The Labute approximate surface area is 176 Å². The summed E-state index contributed by atoms with van der Waals surface area (Å²) in [6.45, 7) is 0.0348. The fraction of sp³-hybridized carbons (Fsp3) is 0.130. The molecular weight excluding hydrogens is 388 g/mol. The van der Waals surface area contributed by atoms with Crippen molar-refractivity contribution in [2.75, 3.05) is 16.8 Å². The highest BCUT2D eigenvalue weighted by molar-refractivity contribution is 6.07. The first-order chi connectivity index (χ1) is 15.7. The van der Waals surface area contributed by atoms with E-state index in [4.69, 9.17) is 4.11 Å². The van der Waals surface area contributed by atoms with Gasteiger partial charge in [0.05, 0.1) is 15.8 Å². The monoisotopic (exact) mass is 413 g/mol. The summed E-state index contributed by atoms with van der Waals surface area (Å²) in [7, 11) is 0. The second-order valence-corrected chi connectivity index (χ2v) is 6.78. The van der Waals surface area contributed by atoms with Gasteiger partial charge < -0.3 is 15.5 Å². The highest BCUT2D eigenvalue weighted by atomic mass is 19.1. The number of anilines is 2.